The lowest BCUT2D eigenvalue weighted by Gasteiger charge is -2.11. The molecule has 0 aliphatic carbocycles. The van der Waals surface area contributed by atoms with Crippen molar-refractivity contribution in [3.63, 3.8) is 0 Å². The van der Waals surface area contributed by atoms with Crippen LogP contribution in [0.2, 0.25) is 5.02 Å². The molecule has 0 fully saturated rings. The highest BCUT2D eigenvalue weighted by molar-refractivity contribution is 6.31. The Balaban J connectivity index is 2.12. The molecule has 1 aromatic carbocycles. The van der Waals surface area contributed by atoms with Crippen molar-refractivity contribution in [2.24, 2.45) is 0 Å². The molecule has 0 spiro atoms. The van der Waals surface area contributed by atoms with Gasteiger partial charge in [0.25, 0.3) is 0 Å². The van der Waals surface area contributed by atoms with Crippen molar-refractivity contribution in [3.8, 4) is 11.5 Å². The van der Waals surface area contributed by atoms with E-state index in [1.54, 1.807) is 7.11 Å². The lowest BCUT2D eigenvalue weighted by atomic mass is 10.3. The number of hydrogen-bond acceptors (Lipinski definition) is 4. The van der Waals surface area contributed by atoms with Crippen molar-refractivity contribution in [2.45, 2.75) is 13.5 Å². The van der Waals surface area contributed by atoms with Gasteiger partial charge in [-0.2, -0.15) is 0 Å². The van der Waals surface area contributed by atoms with E-state index in [9.17, 15) is 0 Å². The van der Waals surface area contributed by atoms with Gasteiger partial charge in [-0.1, -0.05) is 23.7 Å². The Kier molecular flexibility index (Phi) is 5.07. The number of nitrogens with zero attached hydrogens (tertiary/aromatic N) is 1. The van der Waals surface area contributed by atoms with Gasteiger partial charge in [-0.3, -0.25) is 0 Å². The van der Waals surface area contributed by atoms with E-state index in [0.29, 0.717) is 28.8 Å². The summed E-state index contributed by atoms with van der Waals surface area (Å²) in [5.41, 5.74) is 0.691. The smallest absolute Gasteiger partial charge is 0.161 e. The van der Waals surface area contributed by atoms with Crippen LogP contribution in [0.15, 0.2) is 36.4 Å². The quantitative estimate of drug-likeness (QED) is 0.880. The number of methoxy groups -OCH3 is 1. The molecule has 5 heteroatoms. The van der Waals surface area contributed by atoms with Crippen LogP contribution >= 0.6 is 11.6 Å². The van der Waals surface area contributed by atoms with Gasteiger partial charge in [0.15, 0.2) is 11.5 Å². The molecule has 1 N–H and O–H groups in total. The van der Waals surface area contributed by atoms with E-state index >= 15 is 0 Å². The van der Waals surface area contributed by atoms with E-state index in [-0.39, 0.29) is 0 Å². The minimum Gasteiger partial charge on any atom is -0.493 e. The predicted octanol–water partition coefficient (Wildman–Crippen LogP) is 3.75. The average molecular weight is 293 g/mol. The van der Waals surface area contributed by atoms with E-state index in [4.69, 9.17) is 21.1 Å². The van der Waals surface area contributed by atoms with E-state index in [1.807, 2.05) is 43.3 Å². The molecule has 0 saturated carbocycles. The van der Waals surface area contributed by atoms with Gasteiger partial charge in [0, 0.05) is 6.54 Å². The highest BCUT2D eigenvalue weighted by Gasteiger charge is 2.07. The van der Waals surface area contributed by atoms with E-state index in [2.05, 4.69) is 10.3 Å². The molecule has 106 valence electrons. The number of rotatable bonds is 6. The molecule has 0 unspecified atom stereocenters. The molecule has 0 bridgehead atoms. The van der Waals surface area contributed by atoms with Gasteiger partial charge in [-0.25, -0.2) is 4.98 Å². The average Bonchev–Trinajstić information content (AvgIpc) is 2.48. The van der Waals surface area contributed by atoms with Crippen LogP contribution in [-0.2, 0) is 6.61 Å². The summed E-state index contributed by atoms with van der Waals surface area (Å²) in [7, 11) is 1.61. The number of ether oxygens (including phenoxy) is 2. The number of nitrogens with one attached hydrogen (secondary N) is 1. The first-order chi connectivity index (χ1) is 9.74. The van der Waals surface area contributed by atoms with Crippen molar-refractivity contribution in [1.29, 1.82) is 0 Å². The Bertz CT molecular complexity index is 576. The maximum Gasteiger partial charge on any atom is 0.161 e. The molecule has 4 nitrogen and oxygen atoms in total. The van der Waals surface area contributed by atoms with Gasteiger partial charge >= 0.3 is 0 Å². The van der Waals surface area contributed by atoms with Crippen LogP contribution in [0.4, 0.5) is 5.82 Å². The minimum absolute atomic E-state index is 0.290. The largest absolute Gasteiger partial charge is 0.493 e. The SMILES string of the molecule is CCNc1ccc(Cl)c(COc2ccccc2OC)n1. The summed E-state index contributed by atoms with van der Waals surface area (Å²) in [5.74, 6) is 2.14. The van der Waals surface area contributed by atoms with Crippen LogP contribution < -0.4 is 14.8 Å². The van der Waals surface area contributed by atoms with Crippen LogP contribution in [-0.4, -0.2) is 18.6 Å². The summed E-state index contributed by atoms with van der Waals surface area (Å²) in [6, 6.07) is 11.1. The van der Waals surface area contributed by atoms with Crippen LogP contribution in [0.1, 0.15) is 12.6 Å². The van der Waals surface area contributed by atoms with Gasteiger partial charge in [0.2, 0.25) is 0 Å². The van der Waals surface area contributed by atoms with Gasteiger partial charge in [0.1, 0.15) is 12.4 Å². The standard InChI is InChI=1S/C15H17ClN2O2/c1-3-17-15-9-8-11(16)12(18-15)10-20-14-7-5-4-6-13(14)19-2/h4-9H,3,10H2,1-2H3,(H,17,18). The third kappa shape index (κ3) is 3.54. The Morgan fingerprint density at radius 1 is 1.15 bits per heavy atom. The summed E-state index contributed by atoms with van der Waals surface area (Å²) >= 11 is 6.13. The molecular formula is C15H17ClN2O2. The molecule has 0 saturated heterocycles. The van der Waals surface area contributed by atoms with Crippen molar-refractivity contribution >= 4 is 17.4 Å². The van der Waals surface area contributed by atoms with Crippen molar-refractivity contribution in [2.75, 3.05) is 19.0 Å². The first kappa shape index (κ1) is 14.5. The van der Waals surface area contributed by atoms with E-state index in [1.165, 1.54) is 0 Å². The summed E-state index contributed by atoms with van der Waals surface area (Å²) in [4.78, 5) is 4.42. The first-order valence-corrected chi connectivity index (χ1v) is 6.77. The van der Waals surface area contributed by atoms with Crippen molar-refractivity contribution < 1.29 is 9.47 Å². The Labute approximate surface area is 123 Å². The second-order valence-corrected chi connectivity index (χ2v) is 4.50. The van der Waals surface area contributed by atoms with Gasteiger partial charge < -0.3 is 14.8 Å². The molecule has 0 amide bonds. The molecule has 0 atom stereocenters. The van der Waals surface area contributed by atoms with Crippen LogP contribution in [0.25, 0.3) is 0 Å². The lowest BCUT2D eigenvalue weighted by molar-refractivity contribution is 0.281. The predicted molar refractivity (Wildman–Crippen MR) is 80.7 cm³/mol. The Morgan fingerprint density at radius 2 is 1.90 bits per heavy atom. The number of benzene rings is 1. The highest BCUT2D eigenvalue weighted by Crippen LogP contribution is 2.27. The normalized spacial score (nSPS) is 10.2. The van der Waals surface area contributed by atoms with Crippen molar-refractivity contribution in [1.82, 2.24) is 4.98 Å². The van der Waals surface area contributed by atoms with E-state index in [0.717, 1.165) is 12.4 Å². The highest BCUT2D eigenvalue weighted by atomic mass is 35.5. The third-order valence-electron chi connectivity index (χ3n) is 2.71. The summed E-state index contributed by atoms with van der Waals surface area (Å²) in [6.45, 7) is 3.11. The fourth-order valence-corrected chi connectivity index (χ4v) is 1.91. The van der Waals surface area contributed by atoms with Crippen molar-refractivity contribution in [3.05, 3.63) is 47.1 Å². The molecule has 1 heterocycles. The fourth-order valence-electron chi connectivity index (χ4n) is 1.75. The second kappa shape index (κ2) is 7.01. The molecular weight excluding hydrogens is 276 g/mol. The fraction of sp³-hybridized carbons (Fsp3) is 0.267. The second-order valence-electron chi connectivity index (χ2n) is 4.09. The summed E-state index contributed by atoms with van der Waals surface area (Å²) in [6.07, 6.45) is 0. The molecule has 2 aromatic rings. The topological polar surface area (TPSA) is 43.4 Å². The van der Waals surface area contributed by atoms with Gasteiger partial charge in [-0.15, -0.1) is 0 Å². The minimum atomic E-state index is 0.290. The number of anilines is 1. The summed E-state index contributed by atoms with van der Waals surface area (Å²) < 4.78 is 11.0. The van der Waals surface area contributed by atoms with E-state index < -0.39 is 0 Å². The number of pyridine rings is 1. The van der Waals surface area contributed by atoms with Crippen LogP contribution in [0.5, 0.6) is 11.5 Å². The van der Waals surface area contributed by atoms with Gasteiger partial charge in [-0.05, 0) is 31.2 Å². The molecule has 1 aromatic heterocycles. The molecule has 20 heavy (non-hydrogen) atoms. The van der Waals surface area contributed by atoms with Gasteiger partial charge in [0.05, 0.1) is 17.8 Å². The summed E-state index contributed by atoms with van der Waals surface area (Å²) in [5, 5.41) is 3.73. The third-order valence-corrected chi connectivity index (χ3v) is 3.05. The first-order valence-electron chi connectivity index (χ1n) is 6.39. The number of halogens is 1. The number of hydrogen-bond donors (Lipinski definition) is 1. The van der Waals surface area contributed by atoms with Crippen LogP contribution in [0.3, 0.4) is 0 Å². The molecule has 0 aliphatic rings. The van der Waals surface area contributed by atoms with Crippen LogP contribution in [0, 0.1) is 0 Å². The maximum absolute atomic E-state index is 6.13. The zero-order valence-corrected chi connectivity index (χ0v) is 12.3. The molecule has 0 radical (unpaired) electrons. The lowest BCUT2D eigenvalue weighted by Crippen LogP contribution is -2.04. The zero-order chi connectivity index (χ0) is 14.4. The Morgan fingerprint density at radius 3 is 2.60 bits per heavy atom. The number of aromatic nitrogens is 1. The monoisotopic (exact) mass is 292 g/mol. The number of para-hydroxylation sites is 2. The Hall–Kier alpha value is -1.94. The molecule has 2 rings (SSSR count). The molecule has 0 aliphatic heterocycles. The zero-order valence-electron chi connectivity index (χ0n) is 11.5. The maximum atomic E-state index is 6.13.